The minimum absolute atomic E-state index is 0.302. The van der Waals surface area contributed by atoms with Crippen molar-refractivity contribution in [2.24, 2.45) is 4.99 Å². The van der Waals surface area contributed by atoms with Crippen LogP contribution in [0.4, 0.5) is 0 Å². The Labute approximate surface area is 128 Å². The van der Waals surface area contributed by atoms with Crippen molar-refractivity contribution >= 4 is 17.6 Å². The number of guanidine groups is 1. The average Bonchev–Trinajstić information content (AvgIpc) is 2.51. The first-order valence-electron chi connectivity index (χ1n) is 6.28. The lowest BCUT2D eigenvalue weighted by Gasteiger charge is -2.39. The lowest BCUT2D eigenvalue weighted by Crippen LogP contribution is -2.56. The molecule has 7 nitrogen and oxygen atoms in total. The van der Waals surface area contributed by atoms with Crippen molar-refractivity contribution in [2.45, 2.75) is 12.3 Å². The summed E-state index contributed by atoms with van der Waals surface area (Å²) in [6, 6.07) is 3.53. The van der Waals surface area contributed by atoms with E-state index in [9.17, 15) is 0 Å². The zero-order valence-corrected chi connectivity index (χ0v) is 12.6. The van der Waals surface area contributed by atoms with Crippen LogP contribution in [-0.4, -0.2) is 48.9 Å². The molecule has 1 aliphatic rings. The molecule has 1 aromatic heterocycles. The summed E-state index contributed by atoms with van der Waals surface area (Å²) >= 11 is 6.13. The number of aromatic nitrogens is 1. The predicted octanol–water partition coefficient (Wildman–Crippen LogP) is 0.966. The second-order valence-electron chi connectivity index (χ2n) is 4.48. The van der Waals surface area contributed by atoms with Crippen LogP contribution < -0.4 is 5.32 Å². The molecule has 21 heavy (non-hydrogen) atoms. The van der Waals surface area contributed by atoms with Crippen molar-refractivity contribution in [1.82, 2.24) is 15.2 Å². The Balaban J connectivity index is 2.25. The molecule has 0 atom stereocenters. The highest BCUT2D eigenvalue weighted by atomic mass is 35.5. The van der Waals surface area contributed by atoms with E-state index in [1.807, 2.05) is 11.1 Å². The second kappa shape index (κ2) is 6.72. The normalized spacial score (nSPS) is 17.0. The highest BCUT2D eigenvalue weighted by molar-refractivity contribution is 6.31. The molecule has 0 saturated carbocycles. The smallest absolute Gasteiger partial charge is 0.208 e. The summed E-state index contributed by atoms with van der Waals surface area (Å²) < 4.78 is 10.8. The van der Waals surface area contributed by atoms with Gasteiger partial charge in [0, 0.05) is 20.4 Å². The molecule has 0 unspecified atom stereocenters. The van der Waals surface area contributed by atoms with Gasteiger partial charge in [0.05, 0.1) is 30.4 Å². The maximum absolute atomic E-state index is 8.83. The molecular formula is C13H16ClN5O2. The maximum Gasteiger partial charge on any atom is 0.208 e. The van der Waals surface area contributed by atoms with Gasteiger partial charge < -0.3 is 14.4 Å². The number of rotatable bonds is 4. The third-order valence-corrected chi connectivity index (χ3v) is 3.63. The molecule has 2 rings (SSSR count). The van der Waals surface area contributed by atoms with Gasteiger partial charge in [-0.3, -0.25) is 10.3 Å². The number of nitrogens with one attached hydrogen (secondary N) is 1. The number of aliphatic imine (C=N–C) groups is 1. The molecule has 0 radical (unpaired) electrons. The van der Waals surface area contributed by atoms with Gasteiger partial charge in [-0.25, -0.2) is 4.99 Å². The SMILES string of the molecule is COC1(OC)CN=C(NC#N)N(Cc2ncccc2Cl)C1. The molecular weight excluding hydrogens is 294 g/mol. The fourth-order valence-electron chi connectivity index (χ4n) is 2.07. The average molecular weight is 310 g/mol. The zero-order valence-electron chi connectivity index (χ0n) is 11.8. The first-order valence-corrected chi connectivity index (χ1v) is 6.66. The Morgan fingerprint density at radius 1 is 1.52 bits per heavy atom. The van der Waals surface area contributed by atoms with Gasteiger partial charge in [-0.15, -0.1) is 0 Å². The maximum atomic E-state index is 8.83. The second-order valence-corrected chi connectivity index (χ2v) is 4.89. The summed E-state index contributed by atoms with van der Waals surface area (Å²) in [7, 11) is 3.13. The van der Waals surface area contributed by atoms with Gasteiger partial charge in [0.1, 0.15) is 0 Å². The molecule has 0 bridgehead atoms. The van der Waals surface area contributed by atoms with Gasteiger partial charge in [-0.2, -0.15) is 5.26 Å². The molecule has 112 valence electrons. The number of nitriles is 1. The third-order valence-electron chi connectivity index (χ3n) is 3.29. The minimum atomic E-state index is -0.845. The van der Waals surface area contributed by atoms with Crippen molar-refractivity contribution in [3.8, 4) is 6.19 Å². The van der Waals surface area contributed by atoms with Crippen molar-refractivity contribution in [2.75, 3.05) is 27.3 Å². The summed E-state index contributed by atoms with van der Waals surface area (Å²) in [6.45, 7) is 1.10. The van der Waals surface area contributed by atoms with E-state index in [1.165, 1.54) is 0 Å². The first-order chi connectivity index (χ1) is 10.1. The van der Waals surface area contributed by atoms with Crippen LogP contribution in [0.3, 0.4) is 0 Å². The Morgan fingerprint density at radius 2 is 2.29 bits per heavy atom. The molecule has 0 spiro atoms. The number of halogens is 1. The van der Waals surface area contributed by atoms with Crippen LogP contribution in [0, 0.1) is 11.5 Å². The number of hydrogen-bond donors (Lipinski definition) is 1. The fourth-order valence-corrected chi connectivity index (χ4v) is 2.25. The molecule has 1 aromatic rings. The quantitative estimate of drug-likeness (QED) is 0.507. The van der Waals surface area contributed by atoms with Crippen LogP contribution in [-0.2, 0) is 16.0 Å². The number of methoxy groups -OCH3 is 2. The van der Waals surface area contributed by atoms with Crippen molar-refractivity contribution in [3.63, 3.8) is 0 Å². The highest BCUT2D eigenvalue weighted by Gasteiger charge is 2.37. The van der Waals surface area contributed by atoms with Crippen LogP contribution in [0.5, 0.6) is 0 Å². The topological polar surface area (TPSA) is 82.8 Å². The summed E-state index contributed by atoms with van der Waals surface area (Å²) in [6.07, 6.45) is 3.54. The monoisotopic (exact) mass is 309 g/mol. The molecule has 0 fully saturated rings. The zero-order chi connectivity index (χ0) is 15.3. The van der Waals surface area contributed by atoms with Crippen LogP contribution in [0.2, 0.25) is 5.02 Å². The van der Waals surface area contributed by atoms with Crippen LogP contribution in [0.1, 0.15) is 5.69 Å². The van der Waals surface area contributed by atoms with E-state index in [4.69, 9.17) is 26.3 Å². The number of ether oxygens (including phenoxy) is 2. The van der Waals surface area contributed by atoms with Crippen LogP contribution in [0.15, 0.2) is 23.3 Å². The van der Waals surface area contributed by atoms with E-state index in [1.54, 1.807) is 32.5 Å². The third kappa shape index (κ3) is 3.42. The van der Waals surface area contributed by atoms with E-state index in [2.05, 4.69) is 15.3 Å². The number of hydrogen-bond acceptors (Lipinski definition) is 7. The number of pyridine rings is 1. The Bertz CT molecular complexity index is 568. The first kappa shape index (κ1) is 15.5. The van der Waals surface area contributed by atoms with E-state index in [0.717, 1.165) is 0 Å². The fraction of sp³-hybridized carbons (Fsp3) is 0.462. The molecule has 0 aromatic carbocycles. The highest BCUT2D eigenvalue weighted by Crippen LogP contribution is 2.22. The van der Waals surface area contributed by atoms with Crippen molar-refractivity contribution in [3.05, 3.63) is 29.0 Å². The molecule has 0 aliphatic carbocycles. The molecule has 0 saturated heterocycles. The lowest BCUT2D eigenvalue weighted by molar-refractivity contribution is -0.208. The van der Waals surface area contributed by atoms with E-state index in [-0.39, 0.29) is 0 Å². The van der Waals surface area contributed by atoms with Gasteiger partial charge in [-0.1, -0.05) is 11.6 Å². The van der Waals surface area contributed by atoms with Gasteiger partial charge in [0.15, 0.2) is 6.19 Å². The Kier molecular flexibility index (Phi) is 4.96. The van der Waals surface area contributed by atoms with E-state index in [0.29, 0.717) is 36.3 Å². The molecule has 2 heterocycles. The molecule has 8 heteroatoms. The number of nitrogens with zero attached hydrogens (tertiary/aromatic N) is 4. The van der Waals surface area contributed by atoms with Gasteiger partial charge in [0.2, 0.25) is 11.7 Å². The summed E-state index contributed by atoms with van der Waals surface area (Å²) in [5.41, 5.74) is 0.689. The molecule has 1 aliphatic heterocycles. The summed E-state index contributed by atoms with van der Waals surface area (Å²) in [5, 5.41) is 11.9. The predicted molar refractivity (Wildman–Crippen MR) is 77.5 cm³/mol. The molecule has 0 amide bonds. The summed E-state index contributed by atoms with van der Waals surface area (Å²) in [4.78, 5) is 10.4. The van der Waals surface area contributed by atoms with E-state index < -0.39 is 5.79 Å². The molecule has 1 N–H and O–H groups in total. The van der Waals surface area contributed by atoms with Crippen molar-refractivity contribution < 1.29 is 9.47 Å². The van der Waals surface area contributed by atoms with Gasteiger partial charge >= 0.3 is 0 Å². The largest absolute Gasteiger partial charge is 0.350 e. The summed E-state index contributed by atoms with van der Waals surface area (Å²) in [5.74, 6) is -0.397. The van der Waals surface area contributed by atoms with Gasteiger partial charge in [0.25, 0.3) is 0 Å². The standard InChI is InChI=1S/C13H16ClN5O2/c1-20-13(21-2)7-17-12(18-9-15)19(8-13)6-11-10(14)4-3-5-16-11/h3-5H,6-8H2,1-2H3,(H,17,18). The van der Waals surface area contributed by atoms with Crippen LogP contribution >= 0.6 is 11.6 Å². The van der Waals surface area contributed by atoms with Crippen LogP contribution in [0.25, 0.3) is 0 Å². The Hall–Kier alpha value is -1.88. The Morgan fingerprint density at radius 3 is 2.90 bits per heavy atom. The minimum Gasteiger partial charge on any atom is -0.350 e. The lowest BCUT2D eigenvalue weighted by atomic mass is 10.2. The van der Waals surface area contributed by atoms with Crippen molar-refractivity contribution in [1.29, 1.82) is 5.26 Å². The van der Waals surface area contributed by atoms with Gasteiger partial charge in [-0.05, 0) is 12.1 Å². The van der Waals surface area contributed by atoms with E-state index >= 15 is 0 Å².